The molecule has 0 aliphatic carbocycles. The number of amides is 2. The minimum atomic E-state index is -1.08. The molecule has 0 bridgehead atoms. The second-order valence-corrected chi connectivity index (χ2v) is 6.38. The summed E-state index contributed by atoms with van der Waals surface area (Å²) in [7, 11) is 0. The van der Waals surface area contributed by atoms with Crippen molar-refractivity contribution >= 4 is 34.6 Å². The van der Waals surface area contributed by atoms with Crippen LogP contribution in [0.2, 0.25) is 0 Å². The molecule has 9 heteroatoms. The molecule has 2 aromatic heterocycles. The molecule has 1 aliphatic rings. The van der Waals surface area contributed by atoms with Crippen LogP contribution in [-0.2, 0) is 0 Å². The zero-order valence-corrected chi connectivity index (χ0v) is 14.6. The van der Waals surface area contributed by atoms with Crippen LogP contribution in [0.5, 0.6) is 0 Å². The summed E-state index contributed by atoms with van der Waals surface area (Å²) in [4.78, 5) is 26.3. The number of nitrogens with one attached hydrogen (secondary N) is 2. The molecule has 0 spiro atoms. The molecule has 126 valence electrons. The highest BCUT2D eigenvalue weighted by Gasteiger charge is 2.29. The third-order valence-corrected chi connectivity index (χ3v) is 4.96. The van der Waals surface area contributed by atoms with E-state index in [1.54, 1.807) is 12.1 Å². The molecule has 0 fully saturated rings. The Kier molecular flexibility index (Phi) is 4.69. The maximum Gasteiger partial charge on any atom is 0.404 e. The van der Waals surface area contributed by atoms with Gasteiger partial charge < -0.3 is 20.3 Å². The number of hydrogen-bond donors (Lipinski definition) is 3. The summed E-state index contributed by atoms with van der Waals surface area (Å²) in [5.41, 5.74) is 1.88. The fourth-order valence-corrected chi connectivity index (χ4v) is 3.90. The number of pyridine rings is 1. The second kappa shape index (κ2) is 6.75. The number of rotatable bonds is 4. The van der Waals surface area contributed by atoms with Crippen molar-refractivity contribution in [2.24, 2.45) is 0 Å². The average Bonchev–Trinajstić information content (AvgIpc) is 2.88. The van der Waals surface area contributed by atoms with Crippen molar-refractivity contribution in [3.05, 3.63) is 39.7 Å². The molecule has 2 aromatic rings. The lowest BCUT2D eigenvalue weighted by atomic mass is 10.1. The van der Waals surface area contributed by atoms with Gasteiger partial charge in [-0.3, -0.25) is 4.79 Å². The van der Waals surface area contributed by atoms with E-state index in [-0.39, 0.29) is 18.5 Å². The van der Waals surface area contributed by atoms with Crippen LogP contribution in [-0.4, -0.2) is 39.7 Å². The van der Waals surface area contributed by atoms with Crippen molar-refractivity contribution in [1.29, 1.82) is 0 Å². The summed E-state index contributed by atoms with van der Waals surface area (Å²) < 4.78 is 16.1. The van der Waals surface area contributed by atoms with Crippen molar-refractivity contribution < 1.29 is 19.1 Å². The van der Waals surface area contributed by atoms with E-state index in [1.165, 1.54) is 12.3 Å². The van der Waals surface area contributed by atoms with Crippen LogP contribution < -0.4 is 10.6 Å². The van der Waals surface area contributed by atoms with E-state index in [1.807, 2.05) is 4.57 Å². The zero-order valence-electron chi connectivity index (χ0n) is 12.4. The number of carboxylic acid groups (broad SMARTS) is 1. The minimum absolute atomic E-state index is 0.0723. The van der Waals surface area contributed by atoms with Crippen LogP contribution in [0.1, 0.15) is 23.0 Å². The fourth-order valence-electron chi connectivity index (χ4n) is 2.77. The Labute approximate surface area is 150 Å². The van der Waals surface area contributed by atoms with E-state index in [2.05, 4.69) is 38.2 Å². The molecule has 0 radical (unpaired) electrons. The van der Waals surface area contributed by atoms with Crippen LogP contribution in [0.4, 0.5) is 9.18 Å². The highest BCUT2D eigenvalue weighted by molar-refractivity contribution is 14.1. The fraction of sp³-hybridized carbons (Fsp3) is 0.267. The Morgan fingerprint density at radius 2 is 2.33 bits per heavy atom. The zero-order chi connectivity index (χ0) is 17.3. The molecule has 0 saturated heterocycles. The molecule has 0 aromatic carbocycles. The van der Waals surface area contributed by atoms with Crippen molar-refractivity contribution in [3.8, 4) is 11.1 Å². The number of carbonyl (C=O) groups is 2. The topological polar surface area (TPSA) is 96.2 Å². The molecule has 24 heavy (non-hydrogen) atoms. The van der Waals surface area contributed by atoms with Gasteiger partial charge in [0.1, 0.15) is 5.69 Å². The van der Waals surface area contributed by atoms with Gasteiger partial charge in [0, 0.05) is 30.9 Å². The number of aromatic nitrogens is 2. The van der Waals surface area contributed by atoms with E-state index in [0.29, 0.717) is 24.2 Å². The average molecular weight is 444 g/mol. The highest BCUT2D eigenvalue weighted by Crippen LogP contribution is 2.33. The van der Waals surface area contributed by atoms with Crippen LogP contribution in [0.3, 0.4) is 0 Å². The number of halogens is 2. The van der Waals surface area contributed by atoms with E-state index in [0.717, 1.165) is 9.26 Å². The first-order valence-corrected chi connectivity index (χ1v) is 8.33. The van der Waals surface area contributed by atoms with Crippen LogP contribution in [0.15, 0.2) is 24.4 Å². The van der Waals surface area contributed by atoms with Crippen molar-refractivity contribution in [2.75, 3.05) is 13.1 Å². The molecule has 1 aliphatic heterocycles. The van der Waals surface area contributed by atoms with Crippen molar-refractivity contribution in [3.63, 3.8) is 0 Å². The molecule has 3 rings (SSSR count). The van der Waals surface area contributed by atoms with Gasteiger partial charge in [0.05, 0.1) is 9.74 Å². The normalized spacial score (nSPS) is 16.4. The van der Waals surface area contributed by atoms with E-state index >= 15 is 0 Å². The Bertz CT molecular complexity index is 808. The lowest BCUT2D eigenvalue weighted by molar-refractivity contribution is 0.0911. The third kappa shape index (κ3) is 3.21. The SMILES string of the molecule is O=C(O)NCCC1CNC(=O)c2cc(-c3ccnc(F)c3)c(I)n21. The quantitative estimate of drug-likeness (QED) is 0.498. The number of fused-ring (bicyclic) bond motifs is 1. The molecule has 1 unspecified atom stereocenters. The Hall–Kier alpha value is -2.17. The Morgan fingerprint density at radius 3 is 3.04 bits per heavy atom. The molecule has 0 saturated carbocycles. The highest BCUT2D eigenvalue weighted by atomic mass is 127. The summed E-state index contributed by atoms with van der Waals surface area (Å²) in [5.74, 6) is -0.782. The first-order chi connectivity index (χ1) is 11.5. The summed E-state index contributed by atoms with van der Waals surface area (Å²) in [6.07, 6.45) is 0.838. The first kappa shape index (κ1) is 16.7. The van der Waals surface area contributed by atoms with Gasteiger partial charge >= 0.3 is 6.09 Å². The standard InChI is InChI=1S/C15H14FIN4O3/c16-12-5-8(1-3-18-12)10-6-11-14(22)20-7-9(21(11)13(10)17)2-4-19-15(23)24/h1,3,5-6,9,19H,2,4,7H2,(H,20,22)(H,23,24). The first-order valence-electron chi connectivity index (χ1n) is 7.25. The number of hydrogen-bond acceptors (Lipinski definition) is 3. The largest absolute Gasteiger partial charge is 0.465 e. The van der Waals surface area contributed by atoms with Crippen molar-refractivity contribution in [1.82, 2.24) is 20.2 Å². The summed E-state index contributed by atoms with van der Waals surface area (Å²) in [5, 5.41) is 13.8. The Balaban J connectivity index is 1.96. The van der Waals surface area contributed by atoms with Gasteiger partial charge in [-0.15, -0.1) is 0 Å². The predicted octanol–water partition coefficient (Wildman–Crippen LogP) is 2.24. The summed E-state index contributed by atoms with van der Waals surface area (Å²) in [6, 6.07) is 4.66. The maximum absolute atomic E-state index is 13.4. The van der Waals surface area contributed by atoms with Gasteiger partial charge in [-0.05, 0) is 46.7 Å². The Morgan fingerprint density at radius 1 is 1.54 bits per heavy atom. The summed E-state index contributed by atoms with van der Waals surface area (Å²) >= 11 is 2.13. The molecular weight excluding hydrogens is 430 g/mol. The lowest BCUT2D eigenvalue weighted by Crippen LogP contribution is -2.40. The predicted molar refractivity (Wildman–Crippen MR) is 92.4 cm³/mol. The van der Waals surface area contributed by atoms with Gasteiger partial charge in [-0.2, -0.15) is 4.39 Å². The maximum atomic E-state index is 13.4. The monoisotopic (exact) mass is 444 g/mol. The third-order valence-electron chi connectivity index (χ3n) is 3.86. The number of carbonyl (C=O) groups excluding carboxylic acids is 1. The molecule has 2 amide bonds. The van der Waals surface area contributed by atoms with Gasteiger partial charge in [-0.1, -0.05) is 0 Å². The summed E-state index contributed by atoms with van der Waals surface area (Å²) in [6.45, 7) is 0.699. The minimum Gasteiger partial charge on any atom is -0.465 e. The molecule has 7 nitrogen and oxygen atoms in total. The lowest BCUT2D eigenvalue weighted by Gasteiger charge is -2.27. The van der Waals surface area contributed by atoms with Crippen LogP contribution >= 0.6 is 22.6 Å². The second-order valence-electron chi connectivity index (χ2n) is 5.36. The van der Waals surface area contributed by atoms with Crippen LogP contribution in [0, 0.1) is 9.65 Å². The van der Waals surface area contributed by atoms with Gasteiger partial charge in [-0.25, -0.2) is 9.78 Å². The van der Waals surface area contributed by atoms with Crippen molar-refractivity contribution in [2.45, 2.75) is 12.5 Å². The van der Waals surface area contributed by atoms with Gasteiger partial charge in [0.2, 0.25) is 5.95 Å². The van der Waals surface area contributed by atoms with E-state index < -0.39 is 12.0 Å². The van der Waals surface area contributed by atoms with E-state index in [4.69, 9.17) is 5.11 Å². The molecular formula is C15H14FIN4O3. The van der Waals surface area contributed by atoms with Crippen LogP contribution in [0.25, 0.3) is 11.1 Å². The molecule has 1 atom stereocenters. The molecule has 3 N–H and O–H groups in total. The van der Waals surface area contributed by atoms with Gasteiger partial charge in [0.25, 0.3) is 5.91 Å². The van der Waals surface area contributed by atoms with E-state index in [9.17, 15) is 14.0 Å². The smallest absolute Gasteiger partial charge is 0.404 e. The van der Waals surface area contributed by atoms with Gasteiger partial charge in [0.15, 0.2) is 0 Å². The molecule has 3 heterocycles. The number of nitrogens with zero attached hydrogens (tertiary/aromatic N) is 2.